The molecule has 6 nitrogen and oxygen atoms in total. The molecule has 0 spiro atoms. The van der Waals surface area contributed by atoms with Crippen molar-refractivity contribution in [2.75, 3.05) is 18.6 Å². The first-order valence-electron chi connectivity index (χ1n) is 9.37. The van der Waals surface area contributed by atoms with E-state index < -0.39 is 17.9 Å². The van der Waals surface area contributed by atoms with Gasteiger partial charge in [-0.05, 0) is 36.8 Å². The molecule has 1 fully saturated rings. The Hall–Kier alpha value is -2.67. The maximum atomic E-state index is 12.9. The van der Waals surface area contributed by atoms with Crippen LogP contribution in [0.5, 0.6) is 0 Å². The van der Waals surface area contributed by atoms with Gasteiger partial charge < -0.3 is 15.0 Å². The van der Waals surface area contributed by atoms with Crippen LogP contribution in [0, 0.1) is 12.8 Å². The summed E-state index contributed by atoms with van der Waals surface area (Å²) in [6.07, 6.45) is 0.164. The van der Waals surface area contributed by atoms with Crippen LogP contribution in [-0.4, -0.2) is 31.4 Å². The number of methoxy groups -OCH3 is 1. The summed E-state index contributed by atoms with van der Waals surface area (Å²) in [4.78, 5) is 38.8. The van der Waals surface area contributed by atoms with Crippen molar-refractivity contribution in [3.63, 3.8) is 0 Å². The van der Waals surface area contributed by atoms with Crippen molar-refractivity contribution < 1.29 is 19.1 Å². The number of nitrogens with zero attached hydrogens (tertiary/aromatic N) is 1. The third-order valence-corrected chi connectivity index (χ3v) is 5.56. The molecule has 0 aliphatic carbocycles. The predicted octanol–water partition coefficient (Wildman–Crippen LogP) is 3.53. The molecular formula is C22H23BrN2O4. The second kappa shape index (κ2) is 9.22. The van der Waals surface area contributed by atoms with Gasteiger partial charge in [0.15, 0.2) is 0 Å². The minimum atomic E-state index is -0.522. The second-order valence-electron chi connectivity index (χ2n) is 7.13. The Kier molecular flexibility index (Phi) is 6.69. The summed E-state index contributed by atoms with van der Waals surface area (Å²) in [5.74, 6) is -1.21. The smallest absolute Gasteiger partial charge is 0.307 e. The highest BCUT2D eigenvalue weighted by Gasteiger charge is 2.36. The van der Waals surface area contributed by atoms with Crippen LogP contribution in [0.4, 0.5) is 5.69 Å². The van der Waals surface area contributed by atoms with E-state index in [-0.39, 0.29) is 24.7 Å². The average molecular weight is 459 g/mol. The van der Waals surface area contributed by atoms with Crippen molar-refractivity contribution in [1.82, 2.24) is 5.32 Å². The number of amides is 2. The molecule has 1 aliphatic heterocycles. The van der Waals surface area contributed by atoms with Crippen molar-refractivity contribution >= 4 is 39.4 Å². The van der Waals surface area contributed by atoms with Crippen LogP contribution in [0.2, 0.25) is 0 Å². The molecule has 0 saturated carbocycles. The Balaban J connectivity index is 1.72. The minimum Gasteiger partial charge on any atom is -0.469 e. The Morgan fingerprint density at radius 2 is 1.83 bits per heavy atom. The number of hydrogen-bond donors (Lipinski definition) is 1. The molecule has 2 amide bonds. The molecule has 0 radical (unpaired) electrons. The van der Waals surface area contributed by atoms with Gasteiger partial charge in [0.05, 0.1) is 25.5 Å². The largest absolute Gasteiger partial charge is 0.469 e. The van der Waals surface area contributed by atoms with Gasteiger partial charge >= 0.3 is 5.97 Å². The van der Waals surface area contributed by atoms with E-state index in [9.17, 15) is 14.4 Å². The topological polar surface area (TPSA) is 75.7 Å². The molecule has 1 N–H and O–H groups in total. The zero-order chi connectivity index (χ0) is 21.0. The van der Waals surface area contributed by atoms with E-state index in [1.807, 2.05) is 55.5 Å². The number of carbonyl (C=O) groups excluding carboxylic acids is 3. The van der Waals surface area contributed by atoms with Gasteiger partial charge in [-0.2, -0.15) is 0 Å². The van der Waals surface area contributed by atoms with Gasteiger partial charge in [-0.25, -0.2) is 0 Å². The molecular weight excluding hydrogens is 436 g/mol. The van der Waals surface area contributed by atoms with E-state index in [1.165, 1.54) is 7.11 Å². The normalized spacial score (nSPS) is 17.1. The fraction of sp³-hybridized carbons (Fsp3) is 0.318. The molecule has 29 heavy (non-hydrogen) atoms. The summed E-state index contributed by atoms with van der Waals surface area (Å²) >= 11 is 3.38. The molecule has 1 saturated heterocycles. The fourth-order valence-electron chi connectivity index (χ4n) is 3.34. The van der Waals surface area contributed by atoms with Crippen LogP contribution in [0.1, 0.15) is 30.0 Å². The number of hydrogen-bond acceptors (Lipinski definition) is 4. The highest BCUT2D eigenvalue weighted by atomic mass is 79.9. The number of anilines is 1. The van der Waals surface area contributed by atoms with Crippen LogP contribution in [-0.2, 0) is 19.1 Å². The van der Waals surface area contributed by atoms with Gasteiger partial charge in [0, 0.05) is 23.1 Å². The Morgan fingerprint density at radius 3 is 2.45 bits per heavy atom. The van der Waals surface area contributed by atoms with Crippen molar-refractivity contribution in [3.05, 3.63) is 64.1 Å². The first-order valence-corrected chi connectivity index (χ1v) is 10.2. The summed E-state index contributed by atoms with van der Waals surface area (Å²) in [5, 5.41) is 2.93. The van der Waals surface area contributed by atoms with Gasteiger partial charge in [-0.3, -0.25) is 14.4 Å². The number of rotatable bonds is 6. The summed E-state index contributed by atoms with van der Waals surface area (Å²) in [5.41, 5.74) is 2.69. The zero-order valence-electron chi connectivity index (χ0n) is 16.4. The summed E-state index contributed by atoms with van der Waals surface area (Å²) in [7, 11) is 1.32. The molecule has 1 aliphatic rings. The summed E-state index contributed by atoms with van der Waals surface area (Å²) < 4.78 is 5.68. The van der Waals surface area contributed by atoms with E-state index in [1.54, 1.807) is 4.90 Å². The van der Waals surface area contributed by atoms with E-state index in [0.29, 0.717) is 6.54 Å². The lowest BCUT2D eigenvalue weighted by molar-refractivity contribution is -0.141. The van der Waals surface area contributed by atoms with Gasteiger partial charge in [-0.15, -0.1) is 0 Å². The molecule has 3 rings (SSSR count). The first-order chi connectivity index (χ1) is 13.9. The molecule has 2 unspecified atom stereocenters. The predicted molar refractivity (Wildman–Crippen MR) is 113 cm³/mol. The van der Waals surface area contributed by atoms with Crippen molar-refractivity contribution in [3.8, 4) is 0 Å². The Labute approximate surface area is 178 Å². The Bertz CT molecular complexity index is 896. The third-order valence-electron chi connectivity index (χ3n) is 5.03. The Morgan fingerprint density at radius 1 is 1.17 bits per heavy atom. The highest BCUT2D eigenvalue weighted by Crippen LogP contribution is 2.27. The van der Waals surface area contributed by atoms with Crippen LogP contribution in [0.15, 0.2) is 53.0 Å². The first kappa shape index (κ1) is 21.0. The van der Waals surface area contributed by atoms with Crippen molar-refractivity contribution in [1.29, 1.82) is 0 Å². The van der Waals surface area contributed by atoms with Crippen LogP contribution >= 0.6 is 15.9 Å². The third kappa shape index (κ3) is 5.23. The number of esters is 1. The number of carbonyl (C=O) groups is 3. The zero-order valence-corrected chi connectivity index (χ0v) is 17.9. The van der Waals surface area contributed by atoms with Crippen molar-refractivity contribution in [2.45, 2.75) is 25.8 Å². The molecule has 0 aromatic heterocycles. The molecule has 0 bridgehead atoms. The number of nitrogens with one attached hydrogen (secondary N) is 1. The molecule has 1 heterocycles. The number of halogens is 1. The van der Waals surface area contributed by atoms with Gasteiger partial charge in [0.1, 0.15) is 0 Å². The molecule has 2 aromatic rings. The standard InChI is InChI=1S/C22H23BrN2O4/c1-14-3-9-18(10-4-14)25-13-16(11-20(25)26)22(28)24-19(12-21(27)29-2)15-5-7-17(23)8-6-15/h3-10,16,19H,11-13H2,1-2H3,(H,24,28). The lowest BCUT2D eigenvalue weighted by atomic mass is 10.0. The van der Waals surface area contributed by atoms with E-state index in [2.05, 4.69) is 21.2 Å². The maximum Gasteiger partial charge on any atom is 0.307 e. The minimum absolute atomic E-state index is 0.0201. The van der Waals surface area contributed by atoms with E-state index in [0.717, 1.165) is 21.3 Å². The SMILES string of the molecule is COC(=O)CC(NC(=O)C1CC(=O)N(c2ccc(C)cc2)C1)c1ccc(Br)cc1. The lowest BCUT2D eigenvalue weighted by Crippen LogP contribution is -2.36. The lowest BCUT2D eigenvalue weighted by Gasteiger charge is -2.21. The summed E-state index contributed by atoms with van der Waals surface area (Å²) in [6.45, 7) is 2.30. The van der Waals surface area contributed by atoms with Gasteiger partial charge in [0.2, 0.25) is 11.8 Å². The second-order valence-corrected chi connectivity index (χ2v) is 8.05. The number of benzene rings is 2. The highest BCUT2D eigenvalue weighted by molar-refractivity contribution is 9.10. The van der Waals surface area contributed by atoms with E-state index in [4.69, 9.17) is 4.74 Å². The van der Waals surface area contributed by atoms with Crippen LogP contribution < -0.4 is 10.2 Å². The number of ether oxygens (including phenoxy) is 1. The average Bonchev–Trinajstić information content (AvgIpc) is 3.10. The molecule has 2 atom stereocenters. The van der Waals surface area contributed by atoms with Crippen LogP contribution in [0.3, 0.4) is 0 Å². The quantitative estimate of drug-likeness (QED) is 0.671. The molecule has 7 heteroatoms. The molecule has 2 aromatic carbocycles. The fourth-order valence-corrected chi connectivity index (χ4v) is 3.61. The van der Waals surface area contributed by atoms with Crippen LogP contribution in [0.25, 0.3) is 0 Å². The van der Waals surface area contributed by atoms with Crippen molar-refractivity contribution in [2.24, 2.45) is 5.92 Å². The van der Waals surface area contributed by atoms with E-state index >= 15 is 0 Å². The van der Waals surface area contributed by atoms with Gasteiger partial charge in [0.25, 0.3) is 0 Å². The number of aryl methyl sites for hydroxylation is 1. The molecule has 152 valence electrons. The summed E-state index contributed by atoms with van der Waals surface area (Å²) in [6, 6.07) is 14.5. The monoisotopic (exact) mass is 458 g/mol. The van der Waals surface area contributed by atoms with Gasteiger partial charge in [-0.1, -0.05) is 45.8 Å². The maximum absolute atomic E-state index is 12.9.